The van der Waals surface area contributed by atoms with Crippen molar-refractivity contribution < 1.29 is 0 Å². The van der Waals surface area contributed by atoms with Gasteiger partial charge in [0.2, 0.25) is 0 Å². The van der Waals surface area contributed by atoms with Crippen molar-refractivity contribution in [3.05, 3.63) is 46.3 Å². The Morgan fingerprint density at radius 3 is 2.19 bits per heavy atom. The molecule has 0 unspecified atom stereocenters. The number of hydrogen-bond acceptors (Lipinski definition) is 1. The van der Waals surface area contributed by atoms with Crippen molar-refractivity contribution in [3.8, 4) is 0 Å². The van der Waals surface area contributed by atoms with Crippen LogP contribution in [0.3, 0.4) is 0 Å². The fraction of sp³-hybridized carbons (Fsp3) is 0.538. The van der Waals surface area contributed by atoms with Gasteiger partial charge in [0.25, 0.3) is 0 Å². The average molecular weight is 215 g/mol. The smallest absolute Gasteiger partial charge is 0.0737 e. The monoisotopic (exact) mass is 215 g/mol. The molecule has 0 aromatic heterocycles. The third-order valence-electron chi connectivity index (χ3n) is 3.48. The molecule has 0 aliphatic heterocycles. The highest BCUT2D eigenvalue weighted by molar-refractivity contribution is 5.25. The van der Waals surface area contributed by atoms with E-state index in [0.29, 0.717) is 0 Å². The molecule has 0 saturated heterocycles. The average Bonchev–Trinajstić information content (AvgIpc) is 2.57. The van der Waals surface area contributed by atoms with Crippen LogP contribution in [-0.2, 0) is 5.54 Å². The molecule has 1 aliphatic carbocycles. The van der Waals surface area contributed by atoms with Gasteiger partial charge >= 0.3 is 0 Å². The molecule has 16 heavy (non-hydrogen) atoms. The molecule has 0 spiro atoms. The normalized spacial score (nSPS) is 19.5. The largest absolute Gasteiger partial charge is 0.0826 e. The van der Waals surface area contributed by atoms with Crippen LogP contribution >= 0.6 is 0 Å². The quantitative estimate of drug-likeness (QED) is 0.301. The van der Waals surface area contributed by atoms with Crippen LogP contribution in [0.15, 0.2) is 35.4 Å². The molecule has 0 N–H and O–H groups in total. The predicted octanol–water partition coefficient (Wildman–Crippen LogP) is 4.55. The van der Waals surface area contributed by atoms with E-state index in [1.165, 1.54) is 18.4 Å². The van der Waals surface area contributed by atoms with Gasteiger partial charge < -0.3 is 0 Å². The third kappa shape index (κ3) is 2.20. The van der Waals surface area contributed by atoms with Gasteiger partial charge in [0.15, 0.2) is 0 Å². The van der Waals surface area contributed by atoms with Crippen LogP contribution in [0.1, 0.15) is 44.1 Å². The number of rotatable bonds is 2. The Hall–Kier alpha value is -1.47. The van der Waals surface area contributed by atoms with Crippen LogP contribution in [0.25, 0.3) is 10.4 Å². The summed E-state index contributed by atoms with van der Waals surface area (Å²) in [4.78, 5) is 3.07. The second-order valence-electron chi connectivity index (χ2n) is 4.50. The summed E-state index contributed by atoms with van der Waals surface area (Å²) in [6, 6.07) is 10.2. The lowest BCUT2D eigenvalue weighted by molar-refractivity contribution is 0.384. The molecule has 0 radical (unpaired) electrons. The van der Waals surface area contributed by atoms with Gasteiger partial charge in [0, 0.05) is 4.91 Å². The maximum atomic E-state index is 8.80. The van der Waals surface area contributed by atoms with E-state index >= 15 is 0 Å². The molecular weight excluding hydrogens is 198 g/mol. The Balaban J connectivity index is 2.37. The van der Waals surface area contributed by atoms with Crippen LogP contribution in [0.5, 0.6) is 0 Å². The first kappa shape index (κ1) is 11.0. The van der Waals surface area contributed by atoms with E-state index in [1.807, 2.05) is 18.2 Å². The Bertz CT molecular complexity index is 371. The van der Waals surface area contributed by atoms with Crippen LogP contribution in [-0.4, -0.2) is 0 Å². The number of hydrogen-bond donors (Lipinski definition) is 0. The first-order valence-electron chi connectivity index (χ1n) is 5.99. The molecule has 1 aromatic rings. The fourth-order valence-electron chi connectivity index (χ4n) is 2.59. The Kier molecular flexibility index (Phi) is 3.47. The first-order valence-corrected chi connectivity index (χ1v) is 5.99. The number of azide groups is 1. The number of nitrogens with zero attached hydrogens (tertiary/aromatic N) is 3. The molecule has 1 fully saturated rings. The van der Waals surface area contributed by atoms with Gasteiger partial charge in [-0.3, -0.25) is 0 Å². The lowest BCUT2D eigenvalue weighted by Gasteiger charge is -2.27. The fourth-order valence-corrected chi connectivity index (χ4v) is 2.59. The molecule has 0 amide bonds. The zero-order valence-corrected chi connectivity index (χ0v) is 9.47. The van der Waals surface area contributed by atoms with Crippen LogP contribution in [0.4, 0.5) is 0 Å². The standard InChI is InChI=1S/C13H17N3/c14-16-15-13(10-6-1-2-7-11-13)12-8-4-3-5-9-12/h3-5,8-9H,1-2,6-7,10-11H2. The van der Waals surface area contributed by atoms with Crippen molar-refractivity contribution in [2.24, 2.45) is 5.11 Å². The van der Waals surface area contributed by atoms with E-state index in [1.54, 1.807) is 0 Å². The van der Waals surface area contributed by atoms with Crippen molar-refractivity contribution in [3.63, 3.8) is 0 Å². The Morgan fingerprint density at radius 2 is 1.62 bits per heavy atom. The van der Waals surface area contributed by atoms with E-state index in [9.17, 15) is 0 Å². The summed E-state index contributed by atoms with van der Waals surface area (Å²) in [5, 5.41) is 4.13. The second kappa shape index (κ2) is 5.04. The van der Waals surface area contributed by atoms with Crippen LogP contribution in [0, 0.1) is 0 Å². The first-order chi connectivity index (χ1) is 7.87. The maximum Gasteiger partial charge on any atom is 0.0737 e. The predicted molar refractivity (Wildman–Crippen MR) is 65.0 cm³/mol. The van der Waals surface area contributed by atoms with E-state index in [-0.39, 0.29) is 5.54 Å². The molecule has 84 valence electrons. The Labute approximate surface area is 96.1 Å². The summed E-state index contributed by atoms with van der Waals surface area (Å²) >= 11 is 0. The van der Waals surface area contributed by atoms with E-state index in [2.05, 4.69) is 22.2 Å². The third-order valence-corrected chi connectivity index (χ3v) is 3.48. The molecule has 0 heterocycles. The molecular formula is C13H17N3. The summed E-state index contributed by atoms with van der Waals surface area (Å²) in [6.45, 7) is 0. The second-order valence-corrected chi connectivity index (χ2v) is 4.50. The minimum Gasteiger partial charge on any atom is -0.0826 e. The molecule has 3 heteroatoms. The zero-order valence-electron chi connectivity index (χ0n) is 9.47. The van der Waals surface area contributed by atoms with Gasteiger partial charge in [-0.2, -0.15) is 0 Å². The van der Waals surface area contributed by atoms with Crippen molar-refractivity contribution in [2.45, 2.75) is 44.1 Å². The summed E-state index contributed by atoms with van der Waals surface area (Å²) in [7, 11) is 0. The van der Waals surface area contributed by atoms with Gasteiger partial charge in [0.1, 0.15) is 0 Å². The van der Waals surface area contributed by atoms with Gasteiger partial charge in [-0.15, -0.1) is 0 Å². The topological polar surface area (TPSA) is 48.8 Å². The molecule has 3 nitrogen and oxygen atoms in total. The van der Waals surface area contributed by atoms with Gasteiger partial charge in [0.05, 0.1) is 5.54 Å². The van der Waals surface area contributed by atoms with E-state index in [0.717, 1.165) is 25.7 Å². The molecule has 2 rings (SSSR count). The summed E-state index contributed by atoms with van der Waals surface area (Å²) < 4.78 is 0. The highest BCUT2D eigenvalue weighted by atomic mass is 15.2. The lowest BCUT2D eigenvalue weighted by atomic mass is 9.84. The van der Waals surface area contributed by atoms with Gasteiger partial charge in [-0.1, -0.05) is 61.1 Å². The summed E-state index contributed by atoms with van der Waals surface area (Å²) in [5.41, 5.74) is 9.69. The van der Waals surface area contributed by atoms with Gasteiger partial charge in [-0.25, -0.2) is 0 Å². The molecule has 1 aromatic carbocycles. The lowest BCUT2D eigenvalue weighted by Crippen LogP contribution is -2.21. The van der Waals surface area contributed by atoms with Gasteiger partial charge in [-0.05, 0) is 23.9 Å². The number of benzene rings is 1. The SMILES string of the molecule is [N-]=[N+]=NC1(c2ccccc2)CCCCCC1. The van der Waals surface area contributed by atoms with Crippen molar-refractivity contribution >= 4 is 0 Å². The van der Waals surface area contributed by atoms with Crippen molar-refractivity contribution in [2.75, 3.05) is 0 Å². The van der Waals surface area contributed by atoms with Crippen LogP contribution in [0.2, 0.25) is 0 Å². The highest BCUT2D eigenvalue weighted by Crippen LogP contribution is 2.39. The summed E-state index contributed by atoms with van der Waals surface area (Å²) in [6.07, 6.45) is 6.81. The molecule has 1 aliphatic rings. The van der Waals surface area contributed by atoms with Crippen molar-refractivity contribution in [1.82, 2.24) is 0 Å². The maximum absolute atomic E-state index is 8.80. The van der Waals surface area contributed by atoms with Crippen molar-refractivity contribution in [1.29, 1.82) is 0 Å². The zero-order chi connectivity index (χ0) is 11.3. The van der Waals surface area contributed by atoms with E-state index in [4.69, 9.17) is 5.53 Å². The van der Waals surface area contributed by atoms with E-state index < -0.39 is 0 Å². The minimum absolute atomic E-state index is 0.285. The molecule has 0 bridgehead atoms. The molecule has 0 atom stereocenters. The molecule has 1 saturated carbocycles. The Morgan fingerprint density at radius 1 is 1.00 bits per heavy atom. The summed E-state index contributed by atoms with van der Waals surface area (Å²) in [5.74, 6) is 0. The minimum atomic E-state index is -0.285. The van der Waals surface area contributed by atoms with Crippen LogP contribution < -0.4 is 0 Å². The highest BCUT2D eigenvalue weighted by Gasteiger charge is 2.31.